The summed E-state index contributed by atoms with van der Waals surface area (Å²) in [6.45, 7) is 2.93. The van der Waals surface area contributed by atoms with E-state index in [2.05, 4.69) is 28.2 Å². The second-order valence-electron chi connectivity index (χ2n) is 4.81. The van der Waals surface area contributed by atoms with E-state index in [0.717, 1.165) is 28.8 Å². The molecule has 0 radical (unpaired) electrons. The highest BCUT2D eigenvalue weighted by Gasteiger charge is 2.17. The number of halogens is 1. The van der Waals surface area contributed by atoms with Gasteiger partial charge in [0.2, 0.25) is 0 Å². The van der Waals surface area contributed by atoms with Crippen molar-refractivity contribution in [3.8, 4) is 5.75 Å². The van der Waals surface area contributed by atoms with E-state index in [1.165, 1.54) is 6.26 Å². The molecule has 1 unspecified atom stereocenters. The van der Waals surface area contributed by atoms with Gasteiger partial charge in [-0.3, -0.25) is 0 Å². The molecular weight excluding hydrogens is 342 g/mol. The Morgan fingerprint density at radius 2 is 2.10 bits per heavy atom. The van der Waals surface area contributed by atoms with E-state index < -0.39 is 9.84 Å². The molecule has 1 rings (SSSR count). The summed E-state index contributed by atoms with van der Waals surface area (Å²) in [5.74, 6) is 0.934. The van der Waals surface area contributed by atoms with E-state index in [1.807, 2.05) is 18.2 Å². The monoisotopic (exact) mass is 363 g/mol. The van der Waals surface area contributed by atoms with Gasteiger partial charge in [0, 0.05) is 16.8 Å². The van der Waals surface area contributed by atoms with Crippen molar-refractivity contribution in [1.29, 1.82) is 0 Å². The molecule has 1 aromatic carbocycles. The van der Waals surface area contributed by atoms with Crippen molar-refractivity contribution in [3.05, 3.63) is 28.2 Å². The summed E-state index contributed by atoms with van der Waals surface area (Å²) in [6, 6.07) is 5.74. The van der Waals surface area contributed by atoms with Gasteiger partial charge in [0.15, 0.2) is 0 Å². The number of hydrogen-bond acceptors (Lipinski definition) is 4. The molecule has 0 bridgehead atoms. The summed E-state index contributed by atoms with van der Waals surface area (Å²) in [6.07, 6.45) is 2.81. The van der Waals surface area contributed by atoms with Gasteiger partial charge in [-0.25, -0.2) is 8.42 Å². The van der Waals surface area contributed by atoms with Gasteiger partial charge in [0.05, 0.1) is 12.9 Å². The Balaban J connectivity index is 2.96. The van der Waals surface area contributed by atoms with Crippen LogP contribution in [0.25, 0.3) is 0 Å². The van der Waals surface area contributed by atoms with Crippen LogP contribution in [-0.2, 0) is 9.84 Å². The lowest BCUT2D eigenvalue weighted by molar-refractivity contribution is 0.412. The first kappa shape index (κ1) is 17.5. The zero-order valence-corrected chi connectivity index (χ0v) is 14.6. The van der Waals surface area contributed by atoms with Crippen LogP contribution in [0.1, 0.15) is 31.4 Å². The molecule has 1 aromatic rings. The standard InChI is InChI=1S/C14H22BrNO3S/c1-4-8-16-14(7-9-20(3,17)18)12-10-11(19-2)5-6-13(12)15/h5-6,10,14,16H,4,7-9H2,1-3H3. The van der Waals surface area contributed by atoms with Crippen LogP contribution in [0.4, 0.5) is 0 Å². The first-order valence-electron chi connectivity index (χ1n) is 6.62. The molecular formula is C14H22BrNO3S. The zero-order valence-electron chi connectivity index (χ0n) is 12.1. The smallest absolute Gasteiger partial charge is 0.147 e. The first-order valence-corrected chi connectivity index (χ1v) is 9.47. The molecule has 0 amide bonds. The van der Waals surface area contributed by atoms with Crippen molar-refractivity contribution < 1.29 is 13.2 Å². The molecule has 0 saturated heterocycles. The van der Waals surface area contributed by atoms with E-state index >= 15 is 0 Å². The van der Waals surface area contributed by atoms with Crippen molar-refractivity contribution in [1.82, 2.24) is 5.32 Å². The molecule has 1 N–H and O–H groups in total. The van der Waals surface area contributed by atoms with Crippen LogP contribution in [0.5, 0.6) is 5.75 Å². The third kappa shape index (κ3) is 5.81. The SMILES string of the molecule is CCCNC(CCS(C)(=O)=O)c1cc(OC)ccc1Br. The second-order valence-corrected chi connectivity index (χ2v) is 7.93. The third-order valence-corrected chi connectivity index (χ3v) is 4.70. The fourth-order valence-corrected chi connectivity index (χ4v) is 3.12. The molecule has 0 heterocycles. The van der Waals surface area contributed by atoms with E-state index in [4.69, 9.17) is 4.74 Å². The molecule has 4 nitrogen and oxygen atoms in total. The molecule has 0 aliphatic carbocycles. The summed E-state index contributed by atoms with van der Waals surface area (Å²) >= 11 is 3.53. The molecule has 0 aromatic heterocycles. The second kappa shape index (κ2) is 8.00. The minimum Gasteiger partial charge on any atom is -0.497 e. The van der Waals surface area contributed by atoms with Gasteiger partial charge >= 0.3 is 0 Å². The molecule has 20 heavy (non-hydrogen) atoms. The lowest BCUT2D eigenvalue weighted by atomic mass is 10.0. The number of benzene rings is 1. The summed E-state index contributed by atoms with van der Waals surface area (Å²) in [5.41, 5.74) is 1.03. The van der Waals surface area contributed by atoms with Crippen LogP contribution in [0, 0.1) is 0 Å². The molecule has 114 valence electrons. The van der Waals surface area contributed by atoms with Gasteiger partial charge in [-0.2, -0.15) is 0 Å². The number of nitrogens with one attached hydrogen (secondary N) is 1. The van der Waals surface area contributed by atoms with E-state index in [0.29, 0.717) is 6.42 Å². The van der Waals surface area contributed by atoms with Crippen molar-refractivity contribution >= 4 is 25.8 Å². The highest BCUT2D eigenvalue weighted by Crippen LogP contribution is 2.29. The highest BCUT2D eigenvalue weighted by molar-refractivity contribution is 9.10. The molecule has 0 fully saturated rings. The van der Waals surface area contributed by atoms with E-state index in [9.17, 15) is 8.42 Å². The number of methoxy groups -OCH3 is 1. The van der Waals surface area contributed by atoms with Crippen LogP contribution in [0.15, 0.2) is 22.7 Å². The van der Waals surface area contributed by atoms with E-state index in [-0.39, 0.29) is 11.8 Å². The molecule has 0 aliphatic rings. The van der Waals surface area contributed by atoms with Crippen LogP contribution in [0.2, 0.25) is 0 Å². The highest BCUT2D eigenvalue weighted by atomic mass is 79.9. The maximum absolute atomic E-state index is 11.4. The normalized spacial score (nSPS) is 13.2. The zero-order chi connectivity index (χ0) is 15.2. The van der Waals surface area contributed by atoms with Crippen LogP contribution >= 0.6 is 15.9 Å². The van der Waals surface area contributed by atoms with Crippen LogP contribution < -0.4 is 10.1 Å². The predicted molar refractivity (Wildman–Crippen MR) is 86.1 cm³/mol. The minimum absolute atomic E-state index is 0.00542. The minimum atomic E-state index is -2.97. The van der Waals surface area contributed by atoms with Gasteiger partial charge in [-0.15, -0.1) is 0 Å². The third-order valence-electron chi connectivity index (χ3n) is 3.00. The number of hydrogen-bond donors (Lipinski definition) is 1. The summed E-state index contributed by atoms with van der Waals surface area (Å²) in [4.78, 5) is 0. The average molecular weight is 364 g/mol. The number of rotatable bonds is 8. The van der Waals surface area contributed by atoms with Crippen molar-refractivity contribution in [3.63, 3.8) is 0 Å². The number of ether oxygens (including phenoxy) is 1. The Morgan fingerprint density at radius 3 is 2.65 bits per heavy atom. The largest absolute Gasteiger partial charge is 0.497 e. The summed E-state index contributed by atoms with van der Waals surface area (Å²) in [7, 11) is -1.34. The molecule has 1 atom stereocenters. The van der Waals surface area contributed by atoms with Gasteiger partial charge in [-0.1, -0.05) is 22.9 Å². The Labute approximate surface area is 130 Å². The fourth-order valence-electron chi connectivity index (χ4n) is 1.93. The van der Waals surface area contributed by atoms with Gasteiger partial charge in [0.1, 0.15) is 15.6 Å². The Hall–Kier alpha value is -0.590. The Bertz CT molecular complexity index is 531. The van der Waals surface area contributed by atoms with Crippen LogP contribution in [-0.4, -0.2) is 34.1 Å². The quantitative estimate of drug-likeness (QED) is 0.771. The molecule has 0 spiro atoms. The van der Waals surface area contributed by atoms with Gasteiger partial charge in [0.25, 0.3) is 0 Å². The molecule has 0 saturated carbocycles. The summed E-state index contributed by atoms with van der Waals surface area (Å²) < 4.78 is 29.0. The average Bonchev–Trinajstić information content (AvgIpc) is 2.39. The molecule has 6 heteroatoms. The maximum atomic E-state index is 11.4. The number of sulfone groups is 1. The topological polar surface area (TPSA) is 55.4 Å². The lowest BCUT2D eigenvalue weighted by Gasteiger charge is -2.20. The van der Waals surface area contributed by atoms with Crippen molar-refractivity contribution in [2.24, 2.45) is 0 Å². The lowest BCUT2D eigenvalue weighted by Crippen LogP contribution is -2.24. The maximum Gasteiger partial charge on any atom is 0.147 e. The fraction of sp³-hybridized carbons (Fsp3) is 0.571. The van der Waals surface area contributed by atoms with Gasteiger partial charge in [-0.05, 0) is 43.1 Å². The van der Waals surface area contributed by atoms with Crippen molar-refractivity contribution in [2.75, 3.05) is 25.7 Å². The predicted octanol–water partition coefficient (Wildman–Crippen LogP) is 2.93. The van der Waals surface area contributed by atoms with Crippen LogP contribution in [0.3, 0.4) is 0 Å². The summed E-state index contributed by atoms with van der Waals surface area (Å²) in [5, 5.41) is 3.40. The van der Waals surface area contributed by atoms with Crippen molar-refractivity contribution in [2.45, 2.75) is 25.8 Å². The Kier molecular flexibility index (Phi) is 6.99. The molecule has 0 aliphatic heterocycles. The van der Waals surface area contributed by atoms with E-state index in [1.54, 1.807) is 7.11 Å². The van der Waals surface area contributed by atoms with Gasteiger partial charge < -0.3 is 10.1 Å². The first-order chi connectivity index (χ1) is 9.37. The Morgan fingerprint density at radius 1 is 1.40 bits per heavy atom.